The maximum atomic E-state index is 6.98. The van der Waals surface area contributed by atoms with Gasteiger partial charge in [-0.25, -0.2) is 0 Å². The van der Waals surface area contributed by atoms with Gasteiger partial charge < -0.3 is 13.8 Å². The monoisotopic (exact) mass is 726 g/mol. The highest BCUT2D eigenvalue weighted by Crippen LogP contribution is 2.59. The van der Waals surface area contributed by atoms with Gasteiger partial charge in [-0.15, -0.1) is 0 Å². The van der Waals surface area contributed by atoms with E-state index in [1.54, 1.807) is 0 Å². The molecule has 13 rings (SSSR count). The molecule has 10 aromatic rings. The van der Waals surface area contributed by atoms with Crippen LogP contribution in [0.25, 0.3) is 55.2 Å². The van der Waals surface area contributed by atoms with Crippen molar-refractivity contribution in [2.24, 2.45) is 0 Å². The van der Waals surface area contributed by atoms with E-state index in [0.29, 0.717) is 0 Å². The van der Waals surface area contributed by atoms with Gasteiger partial charge in [0.15, 0.2) is 5.71 Å². The summed E-state index contributed by atoms with van der Waals surface area (Å²) in [6, 6.07) is 65.5. The Bertz CT molecular complexity index is 3280. The molecule has 0 unspecified atom stereocenters. The first-order valence-electron chi connectivity index (χ1n) is 20.0. The van der Waals surface area contributed by atoms with Gasteiger partial charge in [-0.1, -0.05) is 152 Å². The third-order valence-corrected chi connectivity index (χ3v) is 13.3. The molecule has 0 amide bonds. The van der Waals surface area contributed by atoms with E-state index in [1.807, 2.05) is 0 Å². The molecule has 0 saturated heterocycles. The molecule has 57 heavy (non-hydrogen) atoms. The van der Waals surface area contributed by atoms with Crippen molar-refractivity contribution in [3.8, 4) is 22.3 Å². The topological polar surface area (TPSA) is 21.3 Å². The Morgan fingerprint density at radius 3 is 1.98 bits per heavy atom. The quantitative estimate of drug-likeness (QED) is 0.169. The van der Waals surface area contributed by atoms with Crippen LogP contribution in [0.1, 0.15) is 33.4 Å². The molecular formula is C53H35BN2O. The van der Waals surface area contributed by atoms with E-state index in [9.17, 15) is 0 Å². The van der Waals surface area contributed by atoms with Gasteiger partial charge in [-0.3, -0.25) is 0 Å². The first kappa shape index (κ1) is 31.2. The van der Waals surface area contributed by atoms with Crippen molar-refractivity contribution >= 4 is 67.8 Å². The highest BCUT2D eigenvalue weighted by molar-refractivity contribution is 6.90. The minimum atomic E-state index is -0.571. The fourth-order valence-electron chi connectivity index (χ4n) is 11.2. The number of anilines is 3. The minimum absolute atomic E-state index is 0.127. The summed E-state index contributed by atoms with van der Waals surface area (Å²) in [4.78, 5) is 2.61. The molecule has 4 heteroatoms. The van der Waals surface area contributed by atoms with Crippen LogP contribution in [0, 0.1) is 13.8 Å². The predicted octanol–water partition coefficient (Wildman–Crippen LogP) is 11.9. The number of aromatic nitrogens is 1. The third kappa shape index (κ3) is 3.78. The number of benzene rings is 8. The number of hydrogen-bond acceptors (Lipinski definition) is 2. The number of fused-ring (bicyclic) bond motifs is 11. The van der Waals surface area contributed by atoms with Crippen LogP contribution >= 0.6 is 0 Å². The maximum Gasteiger partial charge on any atom is 0.336 e. The molecule has 0 saturated carbocycles. The molecule has 0 radical (unpaired) electrons. The number of aryl methyl sites for hydroxylation is 2. The van der Waals surface area contributed by atoms with Gasteiger partial charge in [0.05, 0.1) is 16.5 Å². The van der Waals surface area contributed by atoms with Crippen molar-refractivity contribution < 1.29 is 4.42 Å². The zero-order chi connectivity index (χ0) is 37.6. The summed E-state index contributed by atoms with van der Waals surface area (Å²) in [7, 11) is 0. The zero-order valence-corrected chi connectivity index (χ0v) is 31.6. The molecule has 3 aliphatic heterocycles. The second kappa shape index (κ2) is 11.1. The van der Waals surface area contributed by atoms with Crippen LogP contribution in [0.15, 0.2) is 180 Å². The molecule has 0 aliphatic carbocycles. The lowest BCUT2D eigenvalue weighted by Gasteiger charge is -2.50. The lowest BCUT2D eigenvalue weighted by molar-refractivity contribution is 0.651. The molecule has 0 fully saturated rings. The lowest BCUT2D eigenvalue weighted by Crippen LogP contribution is -2.58. The molecule has 0 spiro atoms. The standard InChI is InChI=1S/C53H35BN2O/c1-32-16-13-17-33(2)47(32)34-30-40-37-23-14-24-39-48-38-22-9-12-29-46(38)57-52(48)56(50(37)39)54-43-27-15-26-42-51(43)55(45(31-34)49(40)54)44-28-11-10-25-41(44)53(42,35-18-5-3-6-19-35)36-20-7-4-8-21-36/h3-31H,1-2H3. The minimum Gasteiger partial charge on any atom is -0.441 e. The van der Waals surface area contributed by atoms with E-state index in [-0.39, 0.29) is 6.85 Å². The van der Waals surface area contributed by atoms with Crippen LogP contribution in [0.2, 0.25) is 0 Å². The Morgan fingerprint density at radius 1 is 0.544 bits per heavy atom. The van der Waals surface area contributed by atoms with Gasteiger partial charge >= 0.3 is 6.85 Å². The van der Waals surface area contributed by atoms with Gasteiger partial charge in [0.25, 0.3) is 0 Å². The molecule has 3 nitrogen and oxygen atoms in total. The van der Waals surface area contributed by atoms with E-state index < -0.39 is 5.41 Å². The van der Waals surface area contributed by atoms with Crippen molar-refractivity contribution in [2.75, 3.05) is 4.90 Å². The summed E-state index contributed by atoms with van der Waals surface area (Å²) >= 11 is 0. The van der Waals surface area contributed by atoms with Crippen molar-refractivity contribution in [3.63, 3.8) is 0 Å². The van der Waals surface area contributed by atoms with Crippen molar-refractivity contribution in [1.82, 2.24) is 4.48 Å². The molecule has 266 valence electrons. The van der Waals surface area contributed by atoms with E-state index in [2.05, 4.69) is 199 Å². The second-order valence-corrected chi connectivity index (χ2v) is 16.1. The summed E-state index contributed by atoms with van der Waals surface area (Å²) in [5.41, 5.74) is 21.5. The highest BCUT2D eigenvalue weighted by Gasteiger charge is 2.52. The fourth-order valence-corrected chi connectivity index (χ4v) is 11.2. The smallest absolute Gasteiger partial charge is 0.336 e. The molecule has 2 aromatic heterocycles. The van der Waals surface area contributed by atoms with Crippen LogP contribution in [-0.2, 0) is 5.41 Å². The number of hydrogen-bond donors (Lipinski definition) is 0. The van der Waals surface area contributed by atoms with Gasteiger partial charge in [0.2, 0.25) is 0 Å². The Hall–Kier alpha value is -7.04. The van der Waals surface area contributed by atoms with Crippen LogP contribution < -0.4 is 15.8 Å². The summed E-state index contributed by atoms with van der Waals surface area (Å²) in [6.45, 7) is 4.37. The second-order valence-electron chi connectivity index (χ2n) is 16.1. The van der Waals surface area contributed by atoms with Gasteiger partial charge in [0.1, 0.15) is 5.58 Å². The summed E-state index contributed by atoms with van der Waals surface area (Å²) in [5, 5.41) is 3.58. The lowest BCUT2D eigenvalue weighted by atomic mass is 9.43. The fraction of sp³-hybridized carbons (Fsp3) is 0.0566. The molecule has 0 bridgehead atoms. The Balaban J connectivity index is 1.25. The van der Waals surface area contributed by atoms with E-state index in [1.165, 1.54) is 99.9 Å². The first-order chi connectivity index (χ1) is 28.1. The Kier molecular flexibility index (Phi) is 6.05. The van der Waals surface area contributed by atoms with Crippen molar-refractivity contribution in [2.45, 2.75) is 19.3 Å². The molecular weight excluding hydrogens is 691 g/mol. The summed E-state index contributed by atoms with van der Waals surface area (Å²) in [5.74, 6) is 0. The predicted molar refractivity (Wildman–Crippen MR) is 237 cm³/mol. The zero-order valence-electron chi connectivity index (χ0n) is 31.6. The molecule has 8 aromatic carbocycles. The molecule has 5 heterocycles. The number of nitrogens with zero attached hydrogens (tertiary/aromatic N) is 2. The molecule has 3 aliphatic rings. The highest BCUT2D eigenvalue weighted by atomic mass is 16.3. The number of rotatable bonds is 3. The van der Waals surface area contributed by atoms with Gasteiger partial charge in [-0.05, 0) is 99.1 Å². The van der Waals surface area contributed by atoms with Crippen molar-refractivity contribution in [1.29, 1.82) is 0 Å². The van der Waals surface area contributed by atoms with Crippen molar-refractivity contribution in [3.05, 3.63) is 209 Å². The van der Waals surface area contributed by atoms with Crippen LogP contribution in [-0.4, -0.2) is 11.3 Å². The first-order valence-corrected chi connectivity index (χ1v) is 20.0. The Labute approximate surface area is 331 Å². The van der Waals surface area contributed by atoms with Gasteiger partial charge in [-0.2, -0.15) is 0 Å². The molecule has 0 atom stereocenters. The van der Waals surface area contributed by atoms with Gasteiger partial charge in [0, 0.05) is 33.2 Å². The summed E-state index contributed by atoms with van der Waals surface area (Å²) < 4.78 is 9.53. The van der Waals surface area contributed by atoms with E-state index in [4.69, 9.17) is 4.42 Å². The SMILES string of the molecule is Cc1cccc(C)c1-c1cc2c3c(c1)N1c4ccccc4C(c4ccccc4)(c4ccccc4)c4cccc(c41)B3n1c3oc4ccccc4c3c3cccc-2c31. The van der Waals surface area contributed by atoms with Crippen LogP contribution in [0.5, 0.6) is 0 Å². The summed E-state index contributed by atoms with van der Waals surface area (Å²) in [6.07, 6.45) is 0. The Morgan fingerprint density at radius 2 is 1.19 bits per heavy atom. The largest absolute Gasteiger partial charge is 0.441 e. The molecule has 0 N–H and O–H groups in total. The maximum absolute atomic E-state index is 6.98. The average Bonchev–Trinajstić information content (AvgIpc) is 3.79. The number of furan rings is 1. The van der Waals surface area contributed by atoms with E-state index in [0.717, 1.165) is 16.7 Å². The third-order valence-electron chi connectivity index (χ3n) is 13.3. The van der Waals surface area contributed by atoms with E-state index >= 15 is 0 Å². The number of para-hydroxylation sites is 4. The average molecular weight is 727 g/mol. The van der Waals surface area contributed by atoms with Crippen LogP contribution in [0.4, 0.5) is 17.1 Å². The normalized spacial score (nSPS) is 14.2. The van der Waals surface area contributed by atoms with Crippen LogP contribution in [0.3, 0.4) is 0 Å².